The first-order chi connectivity index (χ1) is 7.58. The van der Waals surface area contributed by atoms with E-state index in [2.05, 4.69) is 12.2 Å². The predicted molar refractivity (Wildman–Crippen MR) is 65.1 cm³/mol. The molecule has 0 aromatic heterocycles. The lowest BCUT2D eigenvalue weighted by atomic mass is 9.75. The highest BCUT2D eigenvalue weighted by Gasteiger charge is 2.34. The fourth-order valence-electron chi connectivity index (χ4n) is 2.43. The van der Waals surface area contributed by atoms with Crippen LogP contribution in [0.2, 0.25) is 0 Å². The van der Waals surface area contributed by atoms with E-state index in [1.165, 1.54) is 19.3 Å². The molecule has 0 heterocycles. The molecule has 1 unspecified atom stereocenters. The van der Waals surface area contributed by atoms with Gasteiger partial charge in [0.1, 0.15) is 0 Å². The first-order valence-electron chi connectivity index (χ1n) is 6.50. The van der Waals surface area contributed by atoms with Crippen molar-refractivity contribution in [1.82, 2.24) is 5.32 Å². The maximum absolute atomic E-state index is 12.1. The van der Waals surface area contributed by atoms with Gasteiger partial charge in [0.2, 0.25) is 5.91 Å². The van der Waals surface area contributed by atoms with E-state index in [1.54, 1.807) is 0 Å². The van der Waals surface area contributed by atoms with Gasteiger partial charge in [-0.25, -0.2) is 0 Å². The molecule has 16 heavy (non-hydrogen) atoms. The Morgan fingerprint density at radius 2 is 2.00 bits per heavy atom. The summed E-state index contributed by atoms with van der Waals surface area (Å²) in [5.74, 6) is 0.206. The van der Waals surface area contributed by atoms with Gasteiger partial charge in [0, 0.05) is 18.1 Å². The molecule has 0 aliphatic heterocycles. The summed E-state index contributed by atoms with van der Waals surface area (Å²) < 4.78 is 0. The number of nitrogens with one attached hydrogen (secondary N) is 1. The molecule has 3 heteroatoms. The third-order valence-electron chi connectivity index (χ3n) is 3.68. The Kier molecular flexibility index (Phi) is 5.26. The van der Waals surface area contributed by atoms with Gasteiger partial charge in [-0.05, 0) is 32.6 Å². The SMILES string of the molecule is CC(CCCO)NC(=O)C1(C)CCCCC1. The van der Waals surface area contributed by atoms with Crippen LogP contribution in [0.4, 0.5) is 0 Å². The molecule has 1 rings (SSSR count). The quantitative estimate of drug-likeness (QED) is 0.756. The largest absolute Gasteiger partial charge is 0.396 e. The number of aliphatic hydroxyl groups excluding tert-OH is 1. The average molecular weight is 227 g/mol. The minimum atomic E-state index is -0.147. The molecular weight excluding hydrogens is 202 g/mol. The maximum Gasteiger partial charge on any atom is 0.226 e. The average Bonchev–Trinajstić information content (AvgIpc) is 2.27. The lowest BCUT2D eigenvalue weighted by Crippen LogP contribution is -2.44. The van der Waals surface area contributed by atoms with Crippen LogP contribution in [-0.4, -0.2) is 23.7 Å². The monoisotopic (exact) mass is 227 g/mol. The van der Waals surface area contributed by atoms with Gasteiger partial charge in [-0.2, -0.15) is 0 Å². The van der Waals surface area contributed by atoms with Crippen LogP contribution in [0, 0.1) is 5.41 Å². The van der Waals surface area contributed by atoms with E-state index in [1.807, 2.05) is 6.92 Å². The third-order valence-corrected chi connectivity index (χ3v) is 3.68. The predicted octanol–water partition coefficient (Wildman–Crippen LogP) is 2.23. The van der Waals surface area contributed by atoms with E-state index in [9.17, 15) is 4.79 Å². The second kappa shape index (κ2) is 6.24. The fraction of sp³-hybridized carbons (Fsp3) is 0.923. The van der Waals surface area contributed by atoms with Gasteiger partial charge >= 0.3 is 0 Å². The fourth-order valence-corrected chi connectivity index (χ4v) is 2.43. The zero-order valence-corrected chi connectivity index (χ0v) is 10.6. The Morgan fingerprint density at radius 1 is 1.38 bits per heavy atom. The van der Waals surface area contributed by atoms with Crippen LogP contribution in [0.25, 0.3) is 0 Å². The van der Waals surface area contributed by atoms with Crippen LogP contribution >= 0.6 is 0 Å². The van der Waals surface area contributed by atoms with Crippen LogP contribution in [0.1, 0.15) is 58.8 Å². The van der Waals surface area contributed by atoms with E-state index in [4.69, 9.17) is 5.11 Å². The molecule has 1 aliphatic rings. The summed E-state index contributed by atoms with van der Waals surface area (Å²) in [5.41, 5.74) is -0.147. The first-order valence-corrected chi connectivity index (χ1v) is 6.50. The van der Waals surface area contributed by atoms with E-state index in [-0.39, 0.29) is 24.0 Å². The minimum Gasteiger partial charge on any atom is -0.396 e. The van der Waals surface area contributed by atoms with Gasteiger partial charge < -0.3 is 10.4 Å². The number of hydrogen-bond acceptors (Lipinski definition) is 2. The number of carbonyl (C=O) groups excluding carboxylic acids is 1. The van der Waals surface area contributed by atoms with E-state index < -0.39 is 0 Å². The van der Waals surface area contributed by atoms with Crippen LogP contribution in [0.3, 0.4) is 0 Å². The molecule has 0 radical (unpaired) electrons. The molecule has 0 saturated heterocycles. The Hall–Kier alpha value is -0.570. The van der Waals surface area contributed by atoms with Gasteiger partial charge in [-0.15, -0.1) is 0 Å². The highest BCUT2D eigenvalue weighted by atomic mass is 16.2. The molecule has 94 valence electrons. The molecule has 1 amide bonds. The highest BCUT2D eigenvalue weighted by molar-refractivity contribution is 5.82. The third kappa shape index (κ3) is 3.78. The topological polar surface area (TPSA) is 49.3 Å². The molecule has 1 atom stereocenters. The Labute approximate surface area is 98.6 Å². The number of hydrogen-bond donors (Lipinski definition) is 2. The number of rotatable bonds is 5. The number of amides is 1. The Morgan fingerprint density at radius 3 is 2.56 bits per heavy atom. The van der Waals surface area contributed by atoms with Crippen LogP contribution in [0.15, 0.2) is 0 Å². The Balaban J connectivity index is 2.38. The van der Waals surface area contributed by atoms with Gasteiger partial charge in [-0.1, -0.05) is 26.2 Å². The second-order valence-corrected chi connectivity index (χ2v) is 5.36. The van der Waals surface area contributed by atoms with Crippen molar-refractivity contribution in [2.75, 3.05) is 6.61 Å². The molecule has 3 nitrogen and oxygen atoms in total. The smallest absolute Gasteiger partial charge is 0.226 e. The van der Waals surface area contributed by atoms with E-state index in [0.29, 0.717) is 0 Å². The first kappa shape index (κ1) is 13.5. The van der Waals surface area contributed by atoms with Crippen molar-refractivity contribution in [2.45, 2.75) is 64.8 Å². The van der Waals surface area contributed by atoms with Crippen molar-refractivity contribution in [3.8, 4) is 0 Å². The van der Waals surface area contributed by atoms with Crippen LogP contribution in [-0.2, 0) is 4.79 Å². The van der Waals surface area contributed by atoms with Crippen LogP contribution < -0.4 is 5.32 Å². The summed E-state index contributed by atoms with van der Waals surface area (Å²) >= 11 is 0. The lowest BCUT2D eigenvalue weighted by molar-refractivity contribution is -0.132. The second-order valence-electron chi connectivity index (χ2n) is 5.36. The summed E-state index contributed by atoms with van der Waals surface area (Å²) in [6.07, 6.45) is 7.28. The molecule has 0 aromatic carbocycles. The highest BCUT2D eigenvalue weighted by Crippen LogP contribution is 2.35. The summed E-state index contributed by atoms with van der Waals surface area (Å²) in [4.78, 5) is 12.1. The summed E-state index contributed by atoms with van der Waals surface area (Å²) in [6, 6.07) is 0.179. The minimum absolute atomic E-state index is 0.147. The van der Waals surface area contributed by atoms with E-state index in [0.717, 1.165) is 25.7 Å². The van der Waals surface area contributed by atoms with Crippen molar-refractivity contribution < 1.29 is 9.90 Å². The van der Waals surface area contributed by atoms with Gasteiger partial charge in [-0.3, -0.25) is 4.79 Å². The number of carbonyl (C=O) groups is 1. The zero-order chi connectivity index (χ0) is 12.0. The molecule has 1 fully saturated rings. The van der Waals surface area contributed by atoms with Crippen molar-refractivity contribution in [3.05, 3.63) is 0 Å². The van der Waals surface area contributed by atoms with Crippen molar-refractivity contribution in [1.29, 1.82) is 0 Å². The maximum atomic E-state index is 12.1. The van der Waals surface area contributed by atoms with Crippen molar-refractivity contribution in [2.24, 2.45) is 5.41 Å². The lowest BCUT2D eigenvalue weighted by Gasteiger charge is -2.33. The molecule has 0 spiro atoms. The van der Waals surface area contributed by atoms with Gasteiger partial charge in [0.05, 0.1) is 0 Å². The molecule has 2 N–H and O–H groups in total. The van der Waals surface area contributed by atoms with Gasteiger partial charge in [0.25, 0.3) is 0 Å². The summed E-state index contributed by atoms with van der Waals surface area (Å²) in [7, 11) is 0. The molecule has 1 saturated carbocycles. The number of aliphatic hydroxyl groups is 1. The molecule has 0 bridgehead atoms. The van der Waals surface area contributed by atoms with Crippen molar-refractivity contribution >= 4 is 5.91 Å². The zero-order valence-electron chi connectivity index (χ0n) is 10.6. The molecule has 1 aliphatic carbocycles. The Bertz CT molecular complexity index is 222. The standard InChI is InChI=1S/C13H25NO2/c1-11(7-6-10-15)14-12(16)13(2)8-4-3-5-9-13/h11,15H,3-10H2,1-2H3,(H,14,16). The van der Waals surface area contributed by atoms with Crippen LogP contribution in [0.5, 0.6) is 0 Å². The molecule has 0 aromatic rings. The van der Waals surface area contributed by atoms with Crippen molar-refractivity contribution in [3.63, 3.8) is 0 Å². The normalized spacial score (nSPS) is 21.4. The summed E-state index contributed by atoms with van der Waals surface area (Å²) in [5, 5.41) is 11.8. The summed E-state index contributed by atoms with van der Waals surface area (Å²) in [6.45, 7) is 4.30. The van der Waals surface area contributed by atoms with Gasteiger partial charge in [0.15, 0.2) is 0 Å². The molecular formula is C13H25NO2. The van der Waals surface area contributed by atoms with E-state index >= 15 is 0 Å².